The molecular formula is C11H17N3O4S. The summed E-state index contributed by atoms with van der Waals surface area (Å²) in [6, 6.07) is 0. The minimum atomic E-state index is -3.87. The molecule has 2 rings (SSSR count). The summed E-state index contributed by atoms with van der Waals surface area (Å²) in [5.41, 5.74) is -0.389. The van der Waals surface area contributed by atoms with Crippen molar-refractivity contribution in [1.29, 1.82) is 0 Å². The summed E-state index contributed by atoms with van der Waals surface area (Å²) in [7, 11) is -3.87. The summed E-state index contributed by atoms with van der Waals surface area (Å²) in [5.74, 6) is -1.32. The van der Waals surface area contributed by atoms with Gasteiger partial charge in [0.25, 0.3) is 10.0 Å². The molecule has 1 heterocycles. The molecule has 0 unspecified atom stereocenters. The van der Waals surface area contributed by atoms with Gasteiger partial charge in [-0.3, -0.25) is 5.10 Å². The average Bonchev–Trinajstić information content (AvgIpc) is 2.96. The molecule has 7 nitrogen and oxygen atoms in total. The lowest BCUT2D eigenvalue weighted by molar-refractivity contribution is 0.0692. The third kappa shape index (κ3) is 2.95. The van der Waals surface area contributed by atoms with Crippen molar-refractivity contribution < 1.29 is 18.3 Å². The molecule has 0 spiro atoms. The fourth-order valence-corrected chi connectivity index (χ4v) is 3.66. The van der Waals surface area contributed by atoms with E-state index in [2.05, 4.69) is 14.9 Å². The molecule has 0 atom stereocenters. The molecule has 0 aliphatic heterocycles. The molecule has 0 amide bonds. The van der Waals surface area contributed by atoms with Gasteiger partial charge in [0.1, 0.15) is 5.56 Å². The Morgan fingerprint density at radius 3 is 2.74 bits per heavy atom. The number of hydrogen-bond acceptors (Lipinski definition) is 4. The molecule has 0 bridgehead atoms. The van der Waals surface area contributed by atoms with Crippen LogP contribution >= 0.6 is 0 Å². The number of sulfonamides is 1. The van der Waals surface area contributed by atoms with E-state index in [1.165, 1.54) is 0 Å². The first-order valence-electron chi connectivity index (χ1n) is 6.10. The van der Waals surface area contributed by atoms with Gasteiger partial charge in [-0.15, -0.1) is 0 Å². The van der Waals surface area contributed by atoms with Gasteiger partial charge in [-0.25, -0.2) is 17.9 Å². The molecule has 0 radical (unpaired) electrons. The zero-order valence-corrected chi connectivity index (χ0v) is 11.5. The van der Waals surface area contributed by atoms with Crippen molar-refractivity contribution in [1.82, 2.24) is 14.9 Å². The Balaban J connectivity index is 2.14. The Hall–Kier alpha value is -1.41. The number of nitrogens with zero attached hydrogens (tertiary/aromatic N) is 1. The van der Waals surface area contributed by atoms with E-state index in [-0.39, 0.29) is 16.0 Å². The highest BCUT2D eigenvalue weighted by molar-refractivity contribution is 7.89. The van der Waals surface area contributed by atoms with Gasteiger partial charge < -0.3 is 5.11 Å². The number of nitrogens with one attached hydrogen (secondary N) is 2. The third-order valence-electron chi connectivity index (χ3n) is 3.60. The molecule has 0 saturated heterocycles. The summed E-state index contributed by atoms with van der Waals surface area (Å²) < 4.78 is 26.6. The summed E-state index contributed by atoms with van der Waals surface area (Å²) in [4.78, 5) is 10.9. The lowest BCUT2D eigenvalue weighted by Crippen LogP contribution is -2.34. The third-order valence-corrected chi connectivity index (χ3v) is 4.98. The molecule has 106 valence electrons. The summed E-state index contributed by atoms with van der Waals surface area (Å²) in [6.07, 6.45) is 5.15. The van der Waals surface area contributed by atoms with Gasteiger partial charge in [-0.2, -0.15) is 5.10 Å². The number of aromatic carboxylic acids is 1. The minimum Gasteiger partial charge on any atom is -0.478 e. The first-order chi connectivity index (χ1) is 8.84. The van der Waals surface area contributed by atoms with E-state index in [1.54, 1.807) is 0 Å². The van der Waals surface area contributed by atoms with Crippen molar-refractivity contribution in [3.05, 3.63) is 11.8 Å². The summed E-state index contributed by atoms with van der Waals surface area (Å²) in [5, 5.41) is 14.2. The van der Waals surface area contributed by atoms with Gasteiger partial charge in [0.15, 0.2) is 5.03 Å². The Morgan fingerprint density at radius 2 is 2.16 bits per heavy atom. The molecular weight excluding hydrogens is 270 g/mol. The molecule has 1 saturated carbocycles. The van der Waals surface area contributed by atoms with Crippen molar-refractivity contribution in [3.8, 4) is 0 Å². The van der Waals surface area contributed by atoms with E-state index >= 15 is 0 Å². The largest absolute Gasteiger partial charge is 0.478 e. The first-order valence-corrected chi connectivity index (χ1v) is 7.59. The number of carboxylic acid groups (broad SMARTS) is 1. The molecule has 1 aliphatic rings. The number of hydrogen-bond donors (Lipinski definition) is 3. The number of aromatic nitrogens is 2. The predicted octanol–water partition coefficient (Wildman–Crippen LogP) is 0.966. The van der Waals surface area contributed by atoms with Crippen molar-refractivity contribution in [2.75, 3.05) is 6.54 Å². The van der Waals surface area contributed by atoms with E-state index in [0.717, 1.165) is 31.9 Å². The van der Waals surface area contributed by atoms with E-state index < -0.39 is 16.0 Å². The SMILES string of the molecule is CC1(CNS(=O)(=O)c2[nH]ncc2C(=O)O)CCCC1. The van der Waals surface area contributed by atoms with E-state index in [4.69, 9.17) is 5.11 Å². The quantitative estimate of drug-likeness (QED) is 0.747. The van der Waals surface area contributed by atoms with Gasteiger partial charge in [0.2, 0.25) is 0 Å². The lowest BCUT2D eigenvalue weighted by Gasteiger charge is -2.23. The number of carboxylic acids is 1. The molecule has 1 aromatic heterocycles. The van der Waals surface area contributed by atoms with Gasteiger partial charge in [-0.1, -0.05) is 19.8 Å². The van der Waals surface area contributed by atoms with Crippen LogP contribution in [0.4, 0.5) is 0 Å². The van der Waals surface area contributed by atoms with Crippen LogP contribution < -0.4 is 4.72 Å². The van der Waals surface area contributed by atoms with Crippen LogP contribution in [0.5, 0.6) is 0 Å². The summed E-state index contributed by atoms with van der Waals surface area (Å²) in [6.45, 7) is 2.35. The van der Waals surface area contributed by atoms with Crippen LogP contribution in [0.1, 0.15) is 43.0 Å². The smallest absolute Gasteiger partial charge is 0.340 e. The van der Waals surface area contributed by atoms with Gasteiger partial charge in [-0.05, 0) is 18.3 Å². The number of aromatic amines is 1. The van der Waals surface area contributed by atoms with Crippen LogP contribution in [0, 0.1) is 5.41 Å². The fourth-order valence-electron chi connectivity index (χ4n) is 2.38. The van der Waals surface area contributed by atoms with Gasteiger partial charge in [0.05, 0.1) is 6.20 Å². The van der Waals surface area contributed by atoms with E-state index in [1.807, 2.05) is 6.92 Å². The molecule has 1 fully saturated rings. The number of rotatable bonds is 5. The maximum absolute atomic E-state index is 12.1. The highest BCUT2D eigenvalue weighted by Gasteiger charge is 2.32. The van der Waals surface area contributed by atoms with Crippen molar-refractivity contribution >= 4 is 16.0 Å². The van der Waals surface area contributed by atoms with Gasteiger partial charge >= 0.3 is 5.97 Å². The van der Waals surface area contributed by atoms with Crippen LogP contribution in [-0.2, 0) is 10.0 Å². The van der Waals surface area contributed by atoms with Crippen molar-refractivity contribution in [2.45, 2.75) is 37.6 Å². The Kier molecular flexibility index (Phi) is 3.64. The van der Waals surface area contributed by atoms with Crippen molar-refractivity contribution in [3.63, 3.8) is 0 Å². The second-order valence-electron chi connectivity index (χ2n) is 5.26. The van der Waals surface area contributed by atoms with Crippen LogP contribution in [0.25, 0.3) is 0 Å². The molecule has 3 N–H and O–H groups in total. The predicted molar refractivity (Wildman–Crippen MR) is 67.3 cm³/mol. The highest BCUT2D eigenvalue weighted by atomic mass is 32.2. The van der Waals surface area contributed by atoms with Gasteiger partial charge in [0, 0.05) is 6.54 Å². The second kappa shape index (κ2) is 4.93. The Morgan fingerprint density at radius 1 is 1.53 bits per heavy atom. The molecule has 1 aromatic rings. The van der Waals surface area contributed by atoms with Crippen LogP contribution in [0.2, 0.25) is 0 Å². The molecule has 1 aliphatic carbocycles. The Labute approximate surface area is 111 Å². The highest BCUT2D eigenvalue weighted by Crippen LogP contribution is 2.36. The number of H-pyrrole nitrogens is 1. The Bertz CT molecular complexity index is 573. The standard InChI is InChI=1S/C11H17N3O4S/c1-11(4-2-3-5-11)7-13-19(17,18)9-8(10(15)16)6-12-14-9/h6,13H,2-5,7H2,1H3,(H,12,14)(H,15,16). The lowest BCUT2D eigenvalue weighted by atomic mass is 9.89. The second-order valence-corrected chi connectivity index (χ2v) is 6.96. The number of carbonyl (C=O) groups is 1. The zero-order valence-electron chi connectivity index (χ0n) is 10.6. The molecule has 0 aromatic carbocycles. The monoisotopic (exact) mass is 287 g/mol. The zero-order chi connectivity index (χ0) is 14.1. The minimum absolute atomic E-state index is 0.0452. The van der Waals surface area contributed by atoms with E-state index in [0.29, 0.717) is 6.54 Å². The summed E-state index contributed by atoms with van der Waals surface area (Å²) >= 11 is 0. The average molecular weight is 287 g/mol. The maximum Gasteiger partial charge on any atom is 0.340 e. The molecule has 8 heteroatoms. The van der Waals surface area contributed by atoms with Crippen LogP contribution in [0.3, 0.4) is 0 Å². The first kappa shape index (κ1) is 14.0. The van der Waals surface area contributed by atoms with Crippen LogP contribution in [-0.4, -0.2) is 36.2 Å². The molecule has 19 heavy (non-hydrogen) atoms. The van der Waals surface area contributed by atoms with E-state index in [9.17, 15) is 13.2 Å². The maximum atomic E-state index is 12.1. The normalized spacial score (nSPS) is 18.6. The van der Waals surface area contributed by atoms with Crippen molar-refractivity contribution in [2.24, 2.45) is 5.41 Å². The van der Waals surface area contributed by atoms with Crippen LogP contribution in [0.15, 0.2) is 11.2 Å². The topological polar surface area (TPSA) is 112 Å². The fraction of sp³-hybridized carbons (Fsp3) is 0.636.